The van der Waals surface area contributed by atoms with Crippen molar-refractivity contribution in [3.05, 3.63) is 29.6 Å². The van der Waals surface area contributed by atoms with Gasteiger partial charge in [-0.3, -0.25) is 0 Å². The minimum Gasteiger partial charge on any atom is -0.462 e. The van der Waals surface area contributed by atoms with Crippen LogP contribution in [-0.2, 0) is 4.74 Å². The highest BCUT2D eigenvalue weighted by Gasteiger charge is 2.11. The largest absolute Gasteiger partial charge is 0.462 e. The van der Waals surface area contributed by atoms with Gasteiger partial charge in [0.2, 0.25) is 0 Å². The molecule has 3 nitrogen and oxygen atoms in total. The second-order valence-electron chi connectivity index (χ2n) is 2.87. The van der Waals surface area contributed by atoms with Crippen LogP contribution in [0.2, 0.25) is 0 Å². The fraction of sp³-hybridized carbons (Fsp3) is 0.300. The highest BCUT2D eigenvalue weighted by Crippen LogP contribution is 2.14. The van der Waals surface area contributed by atoms with Crippen LogP contribution >= 0.6 is 0 Å². The van der Waals surface area contributed by atoms with Crippen molar-refractivity contribution in [3.63, 3.8) is 0 Å². The molecule has 0 saturated heterocycles. The molecule has 0 unspecified atom stereocenters. The molecule has 0 heterocycles. The predicted octanol–water partition coefficient (Wildman–Crippen LogP) is 1.97. The molecular weight excluding hydrogens is 185 g/mol. The van der Waals surface area contributed by atoms with Crippen LogP contribution in [0.3, 0.4) is 0 Å². The number of esters is 1. The van der Waals surface area contributed by atoms with E-state index < -0.39 is 11.8 Å². The summed E-state index contributed by atoms with van der Waals surface area (Å²) in [6.07, 6.45) is 0.723. The Bertz CT molecular complexity index is 339. The highest BCUT2D eigenvalue weighted by atomic mass is 19.1. The first kappa shape index (κ1) is 10.5. The number of hydrogen-bond acceptors (Lipinski definition) is 3. The number of anilines is 1. The average Bonchev–Trinajstić information content (AvgIpc) is 2.18. The minimum atomic E-state index is -0.580. The molecule has 1 aromatic carbocycles. The van der Waals surface area contributed by atoms with Gasteiger partial charge in [0, 0.05) is 5.69 Å². The van der Waals surface area contributed by atoms with E-state index in [1.54, 1.807) is 0 Å². The van der Waals surface area contributed by atoms with Crippen LogP contribution in [0.5, 0.6) is 0 Å². The summed E-state index contributed by atoms with van der Waals surface area (Å²) in [5.41, 5.74) is 5.81. The Morgan fingerprint density at radius 1 is 1.57 bits per heavy atom. The van der Waals surface area contributed by atoms with Crippen LogP contribution in [0.25, 0.3) is 0 Å². The first-order chi connectivity index (χ1) is 6.65. The molecule has 0 aliphatic rings. The van der Waals surface area contributed by atoms with Crippen molar-refractivity contribution in [2.24, 2.45) is 0 Å². The maximum absolute atomic E-state index is 12.8. The Morgan fingerprint density at radius 2 is 2.29 bits per heavy atom. The van der Waals surface area contributed by atoms with Gasteiger partial charge < -0.3 is 10.5 Å². The maximum atomic E-state index is 12.8. The van der Waals surface area contributed by atoms with E-state index in [0.29, 0.717) is 6.61 Å². The summed E-state index contributed by atoms with van der Waals surface area (Å²) in [7, 11) is 0. The molecule has 1 rings (SSSR count). The molecule has 2 N–H and O–H groups in total. The lowest BCUT2D eigenvalue weighted by Gasteiger charge is -2.05. The number of rotatable bonds is 3. The van der Waals surface area contributed by atoms with Crippen LogP contribution in [0.4, 0.5) is 10.1 Å². The number of carbonyl (C=O) groups excluding carboxylic acids is 1. The second kappa shape index (κ2) is 4.60. The third kappa shape index (κ3) is 2.45. The Labute approximate surface area is 81.7 Å². The van der Waals surface area contributed by atoms with Gasteiger partial charge >= 0.3 is 5.97 Å². The Kier molecular flexibility index (Phi) is 3.45. The van der Waals surface area contributed by atoms with Gasteiger partial charge in [-0.05, 0) is 24.6 Å². The van der Waals surface area contributed by atoms with E-state index in [1.165, 1.54) is 12.1 Å². The highest BCUT2D eigenvalue weighted by molar-refractivity contribution is 5.94. The zero-order valence-electron chi connectivity index (χ0n) is 7.92. The van der Waals surface area contributed by atoms with Gasteiger partial charge in [0.25, 0.3) is 0 Å². The number of carbonyl (C=O) groups is 1. The molecule has 0 saturated carbocycles. The Hall–Kier alpha value is -1.58. The smallest absolute Gasteiger partial charge is 0.340 e. The van der Waals surface area contributed by atoms with Gasteiger partial charge in [0.1, 0.15) is 5.82 Å². The molecule has 76 valence electrons. The van der Waals surface area contributed by atoms with Crippen LogP contribution in [0.15, 0.2) is 18.2 Å². The van der Waals surface area contributed by atoms with Crippen molar-refractivity contribution in [2.75, 3.05) is 12.3 Å². The maximum Gasteiger partial charge on any atom is 0.340 e. The lowest BCUT2D eigenvalue weighted by atomic mass is 10.2. The third-order valence-electron chi connectivity index (χ3n) is 1.67. The minimum absolute atomic E-state index is 0.0819. The van der Waals surface area contributed by atoms with E-state index in [2.05, 4.69) is 0 Å². The number of nitrogens with two attached hydrogens (primary N) is 1. The van der Waals surface area contributed by atoms with Crippen LogP contribution in [-0.4, -0.2) is 12.6 Å². The summed E-state index contributed by atoms with van der Waals surface area (Å²) in [6, 6.07) is 3.62. The first-order valence-electron chi connectivity index (χ1n) is 4.37. The van der Waals surface area contributed by atoms with Gasteiger partial charge in [-0.1, -0.05) is 6.92 Å². The molecular formula is C10H12FNO2. The van der Waals surface area contributed by atoms with E-state index >= 15 is 0 Å². The van der Waals surface area contributed by atoms with Crippen LogP contribution in [0, 0.1) is 5.82 Å². The van der Waals surface area contributed by atoms with Crippen molar-refractivity contribution in [2.45, 2.75) is 13.3 Å². The SMILES string of the molecule is CCCOC(=O)c1cc(F)ccc1N. The van der Waals surface area contributed by atoms with E-state index in [4.69, 9.17) is 10.5 Å². The fourth-order valence-electron chi connectivity index (χ4n) is 0.978. The predicted molar refractivity (Wildman–Crippen MR) is 51.4 cm³/mol. The van der Waals surface area contributed by atoms with Gasteiger partial charge in [0.15, 0.2) is 0 Å². The number of nitrogen functional groups attached to an aromatic ring is 1. The summed E-state index contributed by atoms with van der Waals surface area (Å²) in [4.78, 5) is 11.3. The zero-order valence-corrected chi connectivity index (χ0v) is 7.92. The molecule has 0 aromatic heterocycles. The number of hydrogen-bond donors (Lipinski definition) is 1. The second-order valence-corrected chi connectivity index (χ2v) is 2.87. The molecule has 0 fully saturated rings. The molecule has 0 radical (unpaired) electrons. The molecule has 1 aromatic rings. The van der Waals surface area contributed by atoms with Gasteiger partial charge in [0.05, 0.1) is 12.2 Å². The summed E-state index contributed by atoms with van der Waals surface area (Å²) >= 11 is 0. The molecule has 0 aliphatic carbocycles. The van der Waals surface area contributed by atoms with Crippen molar-refractivity contribution in [3.8, 4) is 0 Å². The van der Waals surface area contributed by atoms with Crippen molar-refractivity contribution in [1.29, 1.82) is 0 Å². The molecule has 0 bridgehead atoms. The van der Waals surface area contributed by atoms with Gasteiger partial charge in [-0.2, -0.15) is 0 Å². The van der Waals surface area contributed by atoms with Gasteiger partial charge in [-0.25, -0.2) is 9.18 Å². The molecule has 0 amide bonds. The van der Waals surface area contributed by atoms with Crippen molar-refractivity contribution >= 4 is 11.7 Å². The lowest BCUT2D eigenvalue weighted by molar-refractivity contribution is 0.0506. The fourth-order valence-corrected chi connectivity index (χ4v) is 0.978. The molecule has 14 heavy (non-hydrogen) atoms. The Balaban J connectivity index is 2.83. The van der Waals surface area contributed by atoms with E-state index in [1.807, 2.05) is 6.92 Å². The number of ether oxygens (including phenoxy) is 1. The summed E-state index contributed by atoms with van der Waals surface area (Å²) in [5.74, 6) is -1.08. The lowest BCUT2D eigenvalue weighted by Crippen LogP contribution is -2.09. The summed E-state index contributed by atoms with van der Waals surface area (Å²) in [5, 5.41) is 0. The standard InChI is InChI=1S/C10H12FNO2/c1-2-5-14-10(13)8-6-7(11)3-4-9(8)12/h3-4,6H,2,5,12H2,1H3. The quantitative estimate of drug-likeness (QED) is 0.595. The van der Waals surface area contributed by atoms with Gasteiger partial charge in [-0.15, -0.1) is 0 Å². The average molecular weight is 197 g/mol. The number of halogens is 1. The topological polar surface area (TPSA) is 52.3 Å². The summed E-state index contributed by atoms with van der Waals surface area (Å²) in [6.45, 7) is 2.19. The normalized spacial score (nSPS) is 9.86. The third-order valence-corrected chi connectivity index (χ3v) is 1.67. The Morgan fingerprint density at radius 3 is 2.93 bits per heavy atom. The molecule has 0 atom stereocenters. The molecule has 4 heteroatoms. The van der Waals surface area contributed by atoms with E-state index in [-0.39, 0.29) is 11.3 Å². The first-order valence-corrected chi connectivity index (χ1v) is 4.37. The van der Waals surface area contributed by atoms with Crippen molar-refractivity contribution in [1.82, 2.24) is 0 Å². The number of benzene rings is 1. The zero-order chi connectivity index (χ0) is 10.6. The summed E-state index contributed by atoms with van der Waals surface area (Å²) < 4.78 is 17.6. The van der Waals surface area contributed by atoms with Crippen LogP contribution < -0.4 is 5.73 Å². The molecule has 0 aliphatic heterocycles. The van der Waals surface area contributed by atoms with E-state index in [0.717, 1.165) is 12.5 Å². The van der Waals surface area contributed by atoms with E-state index in [9.17, 15) is 9.18 Å². The molecule has 0 spiro atoms. The van der Waals surface area contributed by atoms with Crippen molar-refractivity contribution < 1.29 is 13.9 Å². The van der Waals surface area contributed by atoms with Crippen LogP contribution in [0.1, 0.15) is 23.7 Å². The monoisotopic (exact) mass is 197 g/mol.